The fourth-order valence-electron chi connectivity index (χ4n) is 4.05. The molecule has 1 N–H and O–H groups in total. The Morgan fingerprint density at radius 1 is 1.03 bits per heavy atom. The van der Waals surface area contributed by atoms with Gasteiger partial charge in [-0.15, -0.1) is 11.3 Å². The fourth-order valence-corrected chi connectivity index (χ4v) is 5.59. The van der Waals surface area contributed by atoms with Gasteiger partial charge >= 0.3 is 0 Å². The van der Waals surface area contributed by atoms with Crippen molar-refractivity contribution in [2.45, 2.75) is 12.1 Å². The predicted octanol–water partition coefficient (Wildman–Crippen LogP) is 4.81. The molecule has 0 radical (unpaired) electrons. The molecule has 0 amide bonds. The monoisotopic (exact) mass is 456 g/mol. The first-order chi connectivity index (χ1) is 14.7. The van der Waals surface area contributed by atoms with Crippen molar-refractivity contribution in [3.63, 3.8) is 0 Å². The summed E-state index contributed by atoms with van der Waals surface area (Å²) < 4.78 is 6.24. The van der Waals surface area contributed by atoms with Gasteiger partial charge in [0.25, 0.3) is 0 Å². The van der Waals surface area contributed by atoms with Gasteiger partial charge in [-0.1, -0.05) is 17.7 Å². The van der Waals surface area contributed by atoms with Crippen LogP contribution in [0.25, 0.3) is 0 Å². The van der Waals surface area contributed by atoms with E-state index in [1.807, 2.05) is 30.5 Å². The molecular formula is C22H21ClN4OS2. The molecule has 5 rings (SSSR count). The topological polar surface area (TPSA) is 40.6 Å². The molecule has 4 heterocycles. The summed E-state index contributed by atoms with van der Waals surface area (Å²) in [4.78, 5) is 10.3. The van der Waals surface area contributed by atoms with Crippen LogP contribution < -0.4 is 15.1 Å². The number of hydrogen-bond acceptors (Lipinski definition) is 5. The third kappa shape index (κ3) is 3.78. The van der Waals surface area contributed by atoms with E-state index in [-0.39, 0.29) is 12.1 Å². The summed E-state index contributed by atoms with van der Waals surface area (Å²) in [7, 11) is 0. The zero-order valence-corrected chi connectivity index (χ0v) is 18.6. The number of nitrogens with one attached hydrogen (secondary N) is 1. The van der Waals surface area contributed by atoms with Crippen molar-refractivity contribution in [3.05, 3.63) is 75.7 Å². The predicted molar refractivity (Wildman–Crippen MR) is 127 cm³/mol. The summed E-state index contributed by atoms with van der Waals surface area (Å²) in [6.45, 7) is 3.38. The molecule has 8 heteroatoms. The summed E-state index contributed by atoms with van der Waals surface area (Å²) in [6.07, 6.45) is 1.82. The van der Waals surface area contributed by atoms with Crippen molar-refractivity contribution in [1.82, 2.24) is 10.3 Å². The third-order valence-corrected chi connectivity index (χ3v) is 7.10. The molecule has 30 heavy (non-hydrogen) atoms. The van der Waals surface area contributed by atoms with Crippen LogP contribution in [-0.2, 0) is 4.74 Å². The number of thiocarbonyl (C=S) groups is 1. The Labute approximate surface area is 190 Å². The molecule has 0 aliphatic carbocycles. The van der Waals surface area contributed by atoms with Gasteiger partial charge in [-0.25, -0.2) is 0 Å². The molecule has 2 aromatic heterocycles. The standard InChI is InChI=1S/C22H21ClN4OS2/c23-19-9-8-18(30-19)21-20(17-3-1-2-10-24-17)25-22(29)27(21)16-6-4-15(5-7-16)26-11-13-28-14-12-26/h1-10,20-21H,11-14H2,(H,25,29)/t20-,21-/m0/s1. The van der Waals surface area contributed by atoms with Crippen LogP contribution in [0, 0.1) is 0 Å². The van der Waals surface area contributed by atoms with E-state index in [0.29, 0.717) is 5.11 Å². The number of pyridine rings is 1. The minimum absolute atomic E-state index is 0.0147. The quantitative estimate of drug-likeness (QED) is 0.568. The van der Waals surface area contributed by atoms with Crippen LogP contribution >= 0.6 is 35.2 Å². The van der Waals surface area contributed by atoms with Gasteiger partial charge < -0.3 is 19.9 Å². The Morgan fingerprint density at radius 3 is 2.47 bits per heavy atom. The van der Waals surface area contributed by atoms with Crippen LogP contribution in [0.1, 0.15) is 22.7 Å². The molecule has 3 aromatic rings. The molecule has 0 saturated carbocycles. The van der Waals surface area contributed by atoms with E-state index in [0.717, 1.165) is 46.9 Å². The number of anilines is 2. The van der Waals surface area contributed by atoms with Crippen LogP contribution in [0.15, 0.2) is 60.8 Å². The lowest BCUT2D eigenvalue weighted by molar-refractivity contribution is 0.122. The first kappa shape index (κ1) is 19.8. The summed E-state index contributed by atoms with van der Waals surface area (Å²) in [6, 6.07) is 18.5. The van der Waals surface area contributed by atoms with Gasteiger partial charge in [-0.05, 0) is 60.7 Å². The number of benzene rings is 1. The van der Waals surface area contributed by atoms with Gasteiger partial charge in [0.05, 0.1) is 35.3 Å². The highest BCUT2D eigenvalue weighted by atomic mass is 35.5. The zero-order valence-electron chi connectivity index (χ0n) is 16.2. The van der Waals surface area contributed by atoms with Gasteiger partial charge in [0.2, 0.25) is 0 Å². The van der Waals surface area contributed by atoms with Crippen LogP contribution in [-0.4, -0.2) is 36.4 Å². The molecule has 154 valence electrons. The highest BCUT2D eigenvalue weighted by Gasteiger charge is 2.41. The first-order valence-corrected chi connectivity index (χ1v) is 11.5. The normalized spacial score (nSPS) is 21.7. The van der Waals surface area contributed by atoms with Crippen LogP contribution in [0.3, 0.4) is 0 Å². The molecule has 2 saturated heterocycles. The molecule has 0 unspecified atom stereocenters. The van der Waals surface area contributed by atoms with Crippen LogP contribution in [0.2, 0.25) is 4.34 Å². The summed E-state index contributed by atoms with van der Waals surface area (Å²) in [5, 5.41) is 4.18. The van der Waals surface area contributed by atoms with Crippen LogP contribution in [0.5, 0.6) is 0 Å². The SMILES string of the molecule is S=C1N[C@@H](c2ccccn2)[C@H](c2ccc(Cl)s2)N1c1ccc(N2CCOCC2)cc1. The van der Waals surface area contributed by atoms with Gasteiger partial charge in [-0.2, -0.15) is 0 Å². The van der Waals surface area contributed by atoms with Crippen molar-refractivity contribution in [3.8, 4) is 0 Å². The maximum atomic E-state index is 6.28. The van der Waals surface area contributed by atoms with E-state index in [2.05, 4.69) is 50.4 Å². The van der Waals surface area contributed by atoms with E-state index in [1.165, 1.54) is 5.69 Å². The largest absolute Gasteiger partial charge is 0.378 e. The molecule has 2 fully saturated rings. The second-order valence-electron chi connectivity index (χ2n) is 7.25. The maximum Gasteiger partial charge on any atom is 0.174 e. The smallest absolute Gasteiger partial charge is 0.174 e. The van der Waals surface area contributed by atoms with Crippen molar-refractivity contribution in [2.24, 2.45) is 0 Å². The minimum Gasteiger partial charge on any atom is -0.378 e. The van der Waals surface area contributed by atoms with Crippen molar-refractivity contribution in [1.29, 1.82) is 0 Å². The Balaban J connectivity index is 1.50. The second-order valence-corrected chi connectivity index (χ2v) is 9.39. The number of aromatic nitrogens is 1. The Bertz CT molecular complexity index is 1020. The van der Waals surface area contributed by atoms with Crippen molar-refractivity contribution in [2.75, 3.05) is 36.1 Å². The Morgan fingerprint density at radius 2 is 1.80 bits per heavy atom. The van der Waals surface area contributed by atoms with E-state index in [9.17, 15) is 0 Å². The lowest BCUT2D eigenvalue weighted by Gasteiger charge is -2.30. The van der Waals surface area contributed by atoms with E-state index in [4.69, 9.17) is 28.6 Å². The third-order valence-electron chi connectivity index (χ3n) is 5.49. The average Bonchev–Trinajstić information content (AvgIpc) is 3.38. The zero-order chi connectivity index (χ0) is 20.5. The van der Waals surface area contributed by atoms with E-state index >= 15 is 0 Å². The summed E-state index contributed by atoms with van der Waals surface area (Å²) >= 11 is 13.6. The van der Waals surface area contributed by atoms with Crippen LogP contribution in [0.4, 0.5) is 11.4 Å². The highest BCUT2D eigenvalue weighted by molar-refractivity contribution is 7.80. The number of halogens is 1. The molecule has 2 atom stereocenters. The minimum atomic E-state index is -0.0488. The molecule has 1 aromatic carbocycles. The molecular weight excluding hydrogens is 436 g/mol. The first-order valence-electron chi connectivity index (χ1n) is 9.89. The maximum absolute atomic E-state index is 6.28. The summed E-state index contributed by atoms with van der Waals surface area (Å²) in [5.41, 5.74) is 3.22. The van der Waals surface area contributed by atoms with Crippen molar-refractivity contribution >= 4 is 51.6 Å². The number of thiophene rings is 1. The molecule has 2 aliphatic rings. The number of nitrogens with zero attached hydrogens (tertiary/aromatic N) is 3. The molecule has 5 nitrogen and oxygen atoms in total. The molecule has 0 spiro atoms. The van der Waals surface area contributed by atoms with E-state index < -0.39 is 0 Å². The number of ether oxygens (including phenoxy) is 1. The molecule has 0 bridgehead atoms. The number of rotatable bonds is 4. The van der Waals surface area contributed by atoms with Gasteiger partial charge in [-0.3, -0.25) is 4.98 Å². The van der Waals surface area contributed by atoms with E-state index in [1.54, 1.807) is 11.3 Å². The average molecular weight is 457 g/mol. The summed E-state index contributed by atoms with van der Waals surface area (Å²) in [5.74, 6) is 0. The Kier molecular flexibility index (Phi) is 5.60. The molecule has 2 aliphatic heterocycles. The highest BCUT2D eigenvalue weighted by Crippen LogP contribution is 2.44. The number of morpholine rings is 1. The lowest BCUT2D eigenvalue weighted by atomic mass is 10.0. The number of hydrogen-bond donors (Lipinski definition) is 1. The fraction of sp³-hybridized carbons (Fsp3) is 0.273. The van der Waals surface area contributed by atoms with Crippen molar-refractivity contribution < 1.29 is 4.74 Å². The van der Waals surface area contributed by atoms with Gasteiger partial charge in [0.1, 0.15) is 0 Å². The Hall–Kier alpha value is -2.19. The lowest BCUT2D eigenvalue weighted by Crippen LogP contribution is -2.36. The van der Waals surface area contributed by atoms with Gasteiger partial charge in [0.15, 0.2) is 5.11 Å². The second kappa shape index (κ2) is 8.51. The van der Waals surface area contributed by atoms with Gasteiger partial charge in [0, 0.05) is 35.5 Å².